The lowest BCUT2D eigenvalue weighted by atomic mass is 10.0. The lowest BCUT2D eigenvalue weighted by molar-refractivity contribution is 0.414. The number of hydrogen-bond acceptors (Lipinski definition) is 10. The number of para-hydroxylation sites is 2. The van der Waals surface area contributed by atoms with Crippen LogP contribution < -0.4 is 9.47 Å². The highest BCUT2D eigenvalue weighted by Crippen LogP contribution is 2.61. The zero-order chi connectivity index (χ0) is 34.6. The molecule has 2 aromatic heterocycles. The minimum atomic E-state index is -0.874. The Morgan fingerprint density at radius 3 is 1.66 bits per heavy atom. The Hall–Kier alpha value is -4.10. The van der Waals surface area contributed by atoms with Crippen LogP contribution in [-0.4, -0.2) is 44.2 Å². The number of aryl methyl sites for hydroxylation is 1. The van der Waals surface area contributed by atoms with Crippen molar-refractivity contribution in [1.82, 2.24) is 30.0 Å². The van der Waals surface area contributed by atoms with Crippen molar-refractivity contribution < 1.29 is 9.47 Å². The van der Waals surface area contributed by atoms with E-state index in [1.165, 1.54) is 11.1 Å². The van der Waals surface area contributed by atoms with Gasteiger partial charge in [0.25, 0.3) is 0 Å². The van der Waals surface area contributed by atoms with E-state index in [4.69, 9.17) is 22.1 Å². The summed E-state index contributed by atoms with van der Waals surface area (Å²) in [6.45, 7) is 2.11. The predicted octanol–water partition coefficient (Wildman–Crippen LogP) is 8.77. The van der Waals surface area contributed by atoms with Crippen molar-refractivity contribution >= 4 is 70.0 Å². The molecule has 5 aromatic carbocycles. The van der Waals surface area contributed by atoms with Gasteiger partial charge in [0.2, 0.25) is 0 Å². The molecule has 0 aliphatic carbocycles. The Labute approximate surface area is 309 Å². The molecule has 50 heavy (non-hydrogen) atoms. The van der Waals surface area contributed by atoms with Crippen LogP contribution in [0.5, 0.6) is 11.5 Å². The predicted molar refractivity (Wildman–Crippen MR) is 209 cm³/mol. The van der Waals surface area contributed by atoms with E-state index < -0.39 is 7.49 Å². The van der Waals surface area contributed by atoms with Crippen LogP contribution in [0.2, 0.25) is 0 Å². The molecule has 0 radical (unpaired) electrons. The van der Waals surface area contributed by atoms with Crippen LogP contribution in [0.25, 0.3) is 22.1 Å². The zero-order valence-electron chi connectivity index (χ0n) is 27.8. The van der Waals surface area contributed by atoms with Gasteiger partial charge >= 0.3 is 0 Å². The molecule has 7 rings (SSSR count). The number of rotatable bonds is 14. The molecule has 2 unspecified atom stereocenters. The maximum absolute atomic E-state index is 6.82. The Morgan fingerprint density at radius 1 is 0.620 bits per heavy atom. The van der Waals surface area contributed by atoms with Gasteiger partial charge in [0.15, 0.2) is 0 Å². The van der Waals surface area contributed by atoms with E-state index in [1.807, 2.05) is 76.1 Å². The highest BCUT2D eigenvalue weighted by molar-refractivity contribution is 8.29. The molecule has 8 nitrogen and oxygen atoms in total. The average molecular weight is 736 g/mol. The van der Waals surface area contributed by atoms with E-state index in [-0.39, 0.29) is 0 Å². The largest absolute Gasteiger partial charge is 0.759 e. The fourth-order valence-corrected chi connectivity index (χ4v) is 11.4. The minimum absolute atomic E-state index is 0.505. The van der Waals surface area contributed by atoms with Gasteiger partial charge < -0.3 is 22.1 Å². The standard InChI is InChI=1S/C38H36N6O2S4/c1-27-12-14-28(15-13-27)24-37(29-16-20-31(45-2)21-17-29,48-25-43-35-10-6-4-8-33(35)39-41-43)50-38(47,30-18-22-32(46-3)23-19-30)49-26-44-36-11-7-5-9-34(36)40-42-44/h4-23,47H,24-26H2,1-3H3/p-1. The molecule has 2 heterocycles. The summed E-state index contributed by atoms with van der Waals surface area (Å²) in [6.07, 6.45) is 0.697. The van der Waals surface area contributed by atoms with E-state index >= 15 is 0 Å². The summed E-state index contributed by atoms with van der Waals surface area (Å²) < 4.78 is 13.6. The SMILES string of the molecule is COc1ccc(C([S-])(SCn2nnc3ccccc32)SC(Cc2ccc(C)cc2)(SCn2nnc3ccccc32)c2ccc(OC)cc2)cc1. The van der Waals surface area contributed by atoms with Gasteiger partial charge in [-0.25, -0.2) is 9.36 Å². The summed E-state index contributed by atoms with van der Waals surface area (Å²) in [5.41, 5.74) is 8.18. The maximum atomic E-state index is 6.82. The van der Waals surface area contributed by atoms with E-state index in [2.05, 4.69) is 82.1 Å². The molecule has 0 aliphatic heterocycles. The maximum Gasteiger partial charge on any atom is 0.118 e. The van der Waals surface area contributed by atoms with Gasteiger partial charge in [-0.1, -0.05) is 88.8 Å². The zero-order valence-corrected chi connectivity index (χ0v) is 31.1. The average Bonchev–Trinajstić information content (AvgIpc) is 3.78. The van der Waals surface area contributed by atoms with Gasteiger partial charge in [0.05, 0.1) is 41.1 Å². The lowest BCUT2D eigenvalue weighted by Gasteiger charge is -2.48. The molecule has 12 heteroatoms. The number of thioether (sulfide) groups is 3. The van der Waals surface area contributed by atoms with Crippen LogP contribution in [0, 0.1) is 6.92 Å². The number of aromatic nitrogens is 6. The molecule has 2 atom stereocenters. The number of methoxy groups -OCH3 is 2. The first-order valence-electron chi connectivity index (χ1n) is 16.0. The molecule has 0 bridgehead atoms. The second-order valence-corrected chi connectivity index (χ2v) is 17.3. The Bertz CT molecular complexity index is 2190. The molecular formula is C38H35N6O2S4-. The monoisotopic (exact) mass is 735 g/mol. The van der Waals surface area contributed by atoms with Crippen molar-refractivity contribution in [3.63, 3.8) is 0 Å². The summed E-state index contributed by atoms with van der Waals surface area (Å²) in [6, 6.07) is 41.3. The van der Waals surface area contributed by atoms with Gasteiger partial charge in [-0.15, -0.1) is 45.5 Å². The molecule has 7 aromatic rings. The normalized spacial score (nSPS) is 14.0. The highest BCUT2D eigenvalue weighted by atomic mass is 32.3. The first-order valence-corrected chi connectivity index (χ1v) is 19.2. The van der Waals surface area contributed by atoms with E-state index in [9.17, 15) is 0 Å². The Balaban J connectivity index is 1.35. The fraction of sp³-hybridized carbons (Fsp3) is 0.211. The van der Waals surface area contributed by atoms with Crippen molar-refractivity contribution in [2.75, 3.05) is 14.2 Å². The van der Waals surface area contributed by atoms with Gasteiger partial charge in [-0.3, -0.25) is 0 Å². The van der Waals surface area contributed by atoms with Crippen LogP contribution in [0.3, 0.4) is 0 Å². The summed E-state index contributed by atoms with van der Waals surface area (Å²) >= 11 is 12.0. The summed E-state index contributed by atoms with van der Waals surface area (Å²) in [4.78, 5) is 0. The number of fused-ring (bicyclic) bond motifs is 2. The smallest absolute Gasteiger partial charge is 0.118 e. The molecule has 0 fully saturated rings. The molecule has 0 saturated heterocycles. The topological polar surface area (TPSA) is 79.9 Å². The number of benzene rings is 5. The van der Waals surface area contributed by atoms with Gasteiger partial charge in [0, 0.05) is 6.42 Å². The third-order valence-corrected chi connectivity index (χ3v) is 13.9. The second kappa shape index (κ2) is 15.0. The van der Waals surface area contributed by atoms with Crippen LogP contribution in [0.4, 0.5) is 0 Å². The molecular weight excluding hydrogens is 701 g/mol. The van der Waals surface area contributed by atoms with Gasteiger partial charge in [-0.05, 0) is 75.6 Å². The van der Waals surface area contributed by atoms with Crippen molar-refractivity contribution in [3.8, 4) is 11.5 Å². The second-order valence-electron chi connectivity index (χ2n) is 11.7. The summed E-state index contributed by atoms with van der Waals surface area (Å²) in [5, 5.41) is 17.9. The lowest BCUT2D eigenvalue weighted by Crippen LogP contribution is -2.30. The molecule has 0 N–H and O–H groups in total. The van der Waals surface area contributed by atoms with Crippen LogP contribution in [0.15, 0.2) is 121 Å². The first-order chi connectivity index (χ1) is 24.4. The summed E-state index contributed by atoms with van der Waals surface area (Å²) in [7, 11) is 3.37. The van der Waals surface area contributed by atoms with Gasteiger partial charge in [-0.2, -0.15) is 0 Å². The highest BCUT2D eigenvalue weighted by Gasteiger charge is 2.40. The van der Waals surface area contributed by atoms with Crippen LogP contribution in [-0.2, 0) is 38.3 Å². The van der Waals surface area contributed by atoms with E-state index in [0.717, 1.165) is 44.7 Å². The van der Waals surface area contributed by atoms with Crippen LogP contribution in [0.1, 0.15) is 22.3 Å². The number of hydrogen-bond donors (Lipinski definition) is 0. The molecule has 0 spiro atoms. The number of nitrogens with zero attached hydrogens (tertiary/aromatic N) is 6. The molecule has 254 valence electrons. The third-order valence-electron chi connectivity index (χ3n) is 8.47. The summed E-state index contributed by atoms with van der Waals surface area (Å²) in [5.74, 6) is 2.63. The Kier molecular flexibility index (Phi) is 10.3. The third kappa shape index (κ3) is 7.34. The van der Waals surface area contributed by atoms with Crippen molar-refractivity contribution in [2.45, 2.75) is 32.6 Å². The number of ether oxygens (including phenoxy) is 2. The van der Waals surface area contributed by atoms with Gasteiger partial charge in [0.1, 0.15) is 22.5 Å². The van der Waals surface area contributed by atoms with E-state index in [0.29, 0.717) is 18.2 Å². The molecule has 0 amide bonds. The van der Waals surface area contributed by atoms with Crippen molar-refractivity contribution in [1.29, 1.82) is 0 Å². The fourth-order valence-electron chi connectivity index (χ4n) is 5.70. The minimum Gasteiger partial charge on any atom is -0.759 e. The van der Waals surface area contributed by atoms with Crippen molar-refractivity contribution in [3.05, 3.63) is 144 Å². The first kappa shape index (κ1) is 34.4. The molecule has 0 saturated carbocycles. The van der Waals surface area contributed by atoms with E-state index in [1.54, 1.807) is 49.5 Å². The van der Waals surface area contributed by atoms with Crippen molar-refractivity contribution in [2.24, 2.45) is 0 Å². The van der Waals surface area contributed by atoms with Crippen LogP contribution >= 0.6 is 35.3 Å². The Morgan fingerprint density at radius 2 is 1.12 bits per heavy atom. The quantitative estimate of drug-likeness (QED) is 0.0799. The molecule has 0 aliphatic rings.